The van der Waals surface area contributed by atoms with Crippen molar-refractivity contribution in [2.75, 3.05) is 26.3 Å². The number of amides is 1. The summed E-state index contributed by atoms with van der Waals surface area (Å²) in [6, 6.07) is 0.259. The van der Waals surface area contributed by atoms with Crippen LogP contribution in [0.5, 0.6) is 0 Å². The number of piperidine rings is 1. The molecule has 2 fully saturated rings. The van der Waals surface area contributed by atoms with Crippen LogP contribution in [0.2, 0.25) is 0 Å². The molecular weight excluding hydrogens is 275 g/mol. The van der Waals surface area contributed by atoms with Crippen LogP contribution >= 0.6 is 0 Å². The molecule has 0 N–H and O–H groups in total. The van der Waals surface area contributed by atoms with Crippen LogP contribution in [-0.4, -0.2) is 58.2 Å². The zero-order valence-corrected chi connectivity index (χ0v) is 12.3. The monoisotopic (exact) mass is 296 g/mol. The quantitative estimate of drug-likeness (QED) is 0.834. The number of carbonyl (C=O) groups is 1. The maximum atomic E-state index is 12.7. The summed E-state index contributed by atoms with van der Waals surface area (Å²) in [6.07, 6.45) is 2.23. The normalized spacial score (nSPS) is 25.0. The number of alkyl halides is 1. The van der Waals surface area contributed by atoms with Crippen LogP contribution in [0.1, 0.15) is 31.0 Å². The van der Waals surface area contributed by atoms with Crippen molar-refractivity contribution in [3.05, 3.63) is 11.7 Å². The van der Waals surface area contributed by atoms with Crippen LogP contribution in [0.3, 0.4) is 0 Å². The summed E-state index contributed by atoms with van der Waals surface area (Å²) in [4.78, 5) is 20.3. The third kappa shape index (κ3) is 3.23. The average molecular weight is 296 g/mol. The van der Waals surface area contributed by atoms with Gasteiger partial charge in [-0.25, -0.2) is 0 Å². The highest BCUT2D eigenvalue weighted by Gasteiger charge is 2.35. The zero-order valence-electron chi connectivity index (χ0n) is 12.3. The van der Waals surface area contributed by atoms with Gasteiger partial charge in [-0.1, -0.05) is 5.16 Å². The molecule has 116 valence electrons. The summed E-state index contributed by atoms with van der Waals surface area (Å²) in [5.41, 5.74) is 0. The molecular formula is C14H21FN4O2. The van der Waals surface area contributed by atoms with E-state index in [0.717, 1.165) is 25.9 Å². The van der Waals surface area contributed by atoms with Gasteiger partial charge in [0.25, 0.3) is 0 Å². The van der Waals surface area contributed by atoms with E-state index < -0.39 is 6.67 Å². The second-order valence-corrected chi connectivity index (χ2v) is 6.01. The summed E-state index contributed by atoms with van der Waals surface area (Å²) >= 11 is 0. The van der Waals surface area contributed by atoms with Gasteiger partial charge in [0.1, 0.15) is 0 Å². The van der Waals surface area contributed by atoms with Crippen molar-refractivity contribution in [2.24, 2.45) is 5.92 Å². The van der Waals surface area contributed by atoms with E-state index in [1.165, 1.54) is 0 Å². The van der Waals surface area contributed by atoms with E-state index in [9.17, 15) is 9.18 Å². The molecule has 1 aromatic rings. The number of rotatable bonds is 4. The van der Waals surface area contributed by atoms with Gasteiger partial charge in [0.15, 0.2) is 5.82 Å². The molecule has 0 bridgehead atoms. The van der Waals surface area contributed by atoms with Crippen molar-refractivity contribution in [3.8, 4) is 0 Å². The van der Waals surface area contributed by atoms with Gasteiger partial charge in [-0.3, -0.25) is 14.1 Å². The lowest BCUT2D eigenvalue weighted by atomic mass is 10.0. The topological polar surface area (TPSA) is 62.5 Å². The van der Waals surface area contributed by atoms with Gasteiger partial charge >= 0.3 is 0 Å². The number of carbonyl (C=O) groups excluding carboxylic acids is 1. The Labute approximate surface area is 123 Å². The minimum absolute atomic E-state index is 0.100. The molecule has 0 radical (unpaired) electrons. The Kier molecular flexibility index (Phi) is 4.19. The minimum Gasteiger partial charge on any atom is -0.339 e. The first-order valence-electron chi connectivity index (χ1n) is 7.52. The van der Waals surface area contributed by atoms with Crippen LogP contribution in [0.25, 0.3) is 0 Å². The fraction of sp³-hybridized carbons (Fsp3) is 0.786. The molecule has 7 heteroatoms. The summed E-state index contributed by atoms with van der Waals surface area (Å²) in [6.45, 7) is 4.46. The Morgan fingerprint density at radius 3 is 2.71 bits per heavy atom. The fourth-order valence-corrected chi connectivity index (χ4v) is 3.25. The molecule has 1 amide bonds. The van der Waals surface area contributed by atoms with Crippen LogP contribution in [0, 0.1) is 12.8 Å². The standard InChI is InChI=1S/C14H21FN4O2/c1-10-16-13(21-17-10)9-18-4-2-12(3-5-18)19-8-11(7-15)6-14(19)20/h11-12H,2-9H2,1H3. The molecule has 3 rings (SSSR count). The Bertz CT molecular complexity index is 499. The average Bonchev–Trinajstić information content (AvgIpc) is 3.06. The summed E-state index contributed by atoms with van der Waals surface area (Å²) in [5.74, 6) is 1.31. The Morgan fingerprint density at radius 2 is 2.14 bits per heavy atom. The maximum Gasteiger partial charge on any atom is 0.240 e. The lowest BCUT2D eigenvalue weighted by molar-refractivity contribution is -0.130. The van der Waals surface area contributed by atoms with Crippen molar-refractivity contribution in [1.82, 2.24) is 19.9 Å². The number of hydrogen-bond acceptors (Lipinski definition) is 5. The maximum absolute atomic E-state index is 12.7. The van der Waals surface area contributed by atoms with Crippen LogP contribution in [0.4, 0.5) is 4.39 Å². The van der Waals surface area contributed by atoms with Gasteiger partial charge in [0.05, 0.1) is 13.2 Å². The van der Waals surface area contributed by atoms with Gasteiger partial charge in [-0.15, -0.1) is 0 Å². The molecule has 0 aliphatic carbocycles. The van der Waals surface area contributed by atoms with E-state index in [4.69, 9.17) is 4.52 Å². The second-order valence-electron chi connectivity index (χ2n) is 6.01. The smallest absolute Gasteiger partial charge is 0.240 e. The van der Waals surface area contributed by atoms with E-state index in [-0.39, 0.29) is 17.9 Å². The molecule has 1 aromatic heterocycles. The Hall–Kier alpha value is -1.50. The molecule has 2 aliphatic rings. The van der Waals surface area contributed by atoms with Gasteiger partial charge in [-0.05, 0) is 19.8 Å². The fourth-order valence-electron chi connectivity index (χ4n) is 3.25. The lowest BCUT2D eigenvalue weighted by Gasteiger charge is -2.36. The van der Waals surface area contributed by atoms with Crippen LogP contribution < -0.4 is 0 Å². The van der Waals surface area contributed by atoms with E-state index in [1.807, 2.05) is 4.90 Å². The number of nitrogens with zero attached hydrogens (tertiary/aromatic N) is 4. The molecule has 0 saturated carbocycles. The number of hydrogen-bond donors (Lipinski definition) is 0. The highest BCUT2D eigenvalue weighted by Crippen LogP contribution is 2.26. The third-order valence-corrected chi connectivity index (χ3v) is 4.38. The van der Waals surface area contributed by atoms with E-state index in [0.29, 0.717) is 31.2 Å². The highest BCUT2D eigenvalue weighted by atomic mass is 19.1. The summed E-state index contributed by atoms with van der Waals surface area (Å²) in [7, 11) is 0. The first-order valence-corrected chi connectivity index (χ1v) is 7.52. The Balaban J connectivity index is 1.50. The largest absolute Gasteiger partial charge is 0.339 e. The van der Waals surface area contributed by atoms with Crippen molar-refractivity contribution < 1.29 is 13.7 Å². The predicted molar refractivity (Wildman–Crippen MR) is 73.1 cm³/mol. The molecule has 3 heterocycles. The van der Waals surface area contributed by atoms with E-state index in [1.54, 1.807) is 6.92 Å². The Morgan fingerprint density at radius 1 is 1.38 bits per heavy atom. The second kappa shape index (κ2) is 6.09. The first-order chi connectivity index (χ1) is 10.2. The number of likely N-dealkylation sites (tertiary alicyclic amines) is 2. The first kappa shape index (κ1) is 14.4. The van der Waals surface area contributed by atoms with Gasteiger partial charge < -0.3 is 9.42 Å². The van der Waals surface area contributed by atoms with Crippen LogP contribution in [0.15, 0.2) is 4.52 Å². The highest BCUT2D eigenvalue weighted by molar-refractivity contribution is 5.79. The van der Waals surface area contributed by atoms with Gasteiger partial charge in [0, 0.05) is 38.0 Å². The van der Waals surface area contributed by atoms with Gasteiger partial charge in [0.2, 0.25) is 11.8 Å². The predicted octanol–water partition coefficient (Wildman–Crippen LogP) is 1.16. The van der Waals surface area contributed by atoms with Crippen molar-refractivity contribution in [3.63, 3.8) is 0 Å². The molecule has 1 unspecified atom stereocenters. The lowest BCUT2D eigenvalue weighted by Crippen LogP contribution is -2.45. The molecule has 0 aromatic carbocycles. The molecule has 6 nitrogen and oxygen atoms in total. The van der Waals surface area contributed by atoms with Crippen molar-refractivity contribution >= 4 is 5.91 Å². The molecule has 2 aliphatic heterocycles. The zero-order chi connectivity index (χ0) is 14.8. The molecule has 1 atom stereocenters. The molecule has 2 saturated heterocycles. The third-order valence-electron chi connectivity index (χ3n) is 4.38. The minimum atomic E-state index is -0.391. The number of aromatic nitrogens is 2. The SMILES string of the molecule is Cc1noc(CN2CCC(N3CC(CF)CC3=O)CC2)n1. The van der Waals surface area contributed by atoms with Crippen LogP contribution in [-0.2, 0) is 11.3 Å². The van der Waals surface area contributed by atoms with E-state index >= 15 is 0 Å². The summed E-state index contributed by atoms with van der Waals surface area (Å²) in [5, 5.41) is 3.79. The summed E-state index contributed by atoms with van der Waals surface area (Å²) < 4.78 is 17.8. The van der Waals surface area contributed by atoms with Crippen molar-refractivity contribution in [2.45, 2.75) is 38.8 Å². The number of aryl methyl sites for hydroxylation is 1. The number of halogens is 1. The van der Waals surface area contributed by atoms with Crippen molar-refractivity contribution in [1.29, 1.82) is 0 Å². The van der Waals surface area contributed by atoms with Gasteiger partial charge in [-0.2, -0.15) is 4.98 Å². The molecule has 0 spiro atoms. The molecule has 21 heavy (non-hydrogen) atoms. The van der Waals surface area contributed by atoms with E-state index in [2.05, 4.69) is 15.0 Å².